The Kier molecular flexibility index (Phi) is 7.12. The number of rotatable bonds is 8. The van der Waals surface area contributed by atoms with Gasteiger partial charge in [0.1, 0.15) is 0 Å². The number of amides is 2. The van der Waals surface area contributed by atoms with Gasteiger partial charge >= 0.3 is 0 Å². The largest absolute Gasteiger partial charge is 0.351 e. The molecule has 3 aromatic rings. The van der Waals surface area contributed by atoms with E-state index in [1.165, 1.54) is 18.3 Å². The number of thiazole rings is 1. The van der Waals surface area contributed by atoms with E-state index in [-0.39, 0.29) is 30.4 Å². The molecule has 2 aromatic heterocycles. The second-order valence-electron chi connectivity index (χ2n) is 6.94. The molecule has 0 bridgehead atoms. The maximum Gasteiger partial charge on any atom is 0.226 e. The Hall–Kier alpha value is -2.84. The summed E-state index contributed by atoms with van der Waals surface area (Å²) in [5.74, 6) is -0.347. The van der Waals surface area contributed by atoms with E-state index in [4.69, 9.17) is 0 Å². The van der Waals surface area contributed by atoms with Crippen molar-refractivity contribution in [2.75, 3.05) is 5.32 Å². The normalized spacial score (nSPS) is 10.6. The van der Waals surface area contributed by atoms with Gasteiger partial charge in [-0.25, -0.2) is 4.98 Å². The molecule has 2 heterocycles. The summed E-state index contributed by atoms with van der Waals surface area (Å²) in [7, 11) is 0. The van der Waals surface area contributed by atoms with Crippen molar-refractivity contribution in [1.29, 1.82) is 0 Å². The van der Waals surface area contributed by atoms with Gasteiger partial charge in [0.25, 0.3) is 0 Å². The van der Waals surface area contributed by atoms with Crippen LogP contribution in [0.5, 0.6) is 0 Å². The van der Waals surface area contributed by atoms with Gasteiger partial charge in [-0.05, 0) is 26.0 Å². The van der Waals surface area contributed by atoms with E-state index in [2.05, 4.69) is 15.6 Å². The molecule has 0 aliphatic carbocycles. The summed E-state index contributed by atoms with van der Waals surface area (Å²) in [5, 5.41) is 6.10. The van der Waals surface area contributed by atoms with E-state index in [0.29, 0.717) is 17.2 Å². The summed E-state index contributed by atoms with van der Waals surface area (Å²) in [4.78, 5) is 43.1. The van der Waals surface area contributed by atoms with Gasteiger partial charge in [0, 0.05) is 35.1 Å². The quantitative estimate of drug-likeness (QED) is 0.495. The average Bonchev–Trinajstić information content (AvgIpc) is 3.31. The first kappa shape index (κ1) is 21.9. The first-order chi connectivity index (χ1) is 14.3. The van der Waals surface area contributed by atoms with Crippen molar-refractivity contribution in [1.82, 2.24) is 10.3 Å². The Labute approximate surface area is 183 Å². The van der Waals surface area contributed by atoms with Crippen LogP contribution in [0.2, 0.25) is 0 Å². The number of carbonyl (C=O) groups excluding carboxylic acids is 3. The highest BCUT2D eigenvalue weighted by molar-refractivity contribution is 7.18. The van der Waals surface area contributed by atoms with Gasteiger partial charge in [0.2, 0.25) is 11.8 Å². The predicted molar refractivity (Wildman–Crippen MR) is 121 cm³/mol. The molecule has 0 fully saturated rings. The highest BCUT2D eigenvalue weighted by Crippen LogP contribution is 2.34. The lowest BCUT2D eigenvalue weighted by Gasteiger charge is -2.02. The first-order valence-electron chi connectivity index (χ1n) is 9.52. The molecule has 0 atom stereocenters. The summed E-state index contributed by atoms with van der Waals surface area (Å²) >= 11 is 2.97. The SMILES string of the molecule is CC(=O)NCc1ccc(-c2nc(NC(=O)CCC(=O)c3ccc(C)cc3)sc2C)s1. The molecule has 0 saturated carbocycles. The monoisotopic (exact) mass is 441 g/mol. The highest BCUT2D eigenvalue weighted by atomic mass is 32.1. The van der Waals surface area contributed by atoms with Crippen molar-refractivity contribution in [2.45, 2.75) is 40.2 Å². The van der Waals surface area contributed by atoms with Gasteiger partial charge in [-0.15, -0.1) is 22.7 Å². The van der Waals surface area contributed by atoms with Crippen molar-refractivity contribution in [3.05, 3.63) is 57.3 Å². The van der Waals surface area contributed by atoms with Crippen molar-refractivity contribution < 1.29 is 14.4 Å². The lowest BCUT2D eigenvalue weighted by atomic mass is 10.1. The van der Waals surface area contributed by atoms with E-state index in [9.17, 15) is 14.4 Å². The zero-order valence-corrected chi connectivity index (χ0v) is 18.7. The van der Waals surface area contributed by atoms with Crippen LogP contribution in [0.3, 0.4) is 0 Å². The molecule has 2 N–H and O–H groups in total. The molecule has 0 aliphatic heterocycles. The van der Waals surface area contributed by atoms with Crippen LogP contribution >= 0.6 is 22.7 Å². The van der Waals surface area contributed by atoms with Gasteiger partial charge in [-0.3, -0.25) is 14.4 Å². The van der Waals surface area contributed by atoms with Crippen LogP contribution in [0.4, 0.5) is 5.13 Å². The van der Waals surface area contributed by atoms with Crippen LogP contribution in [-0.2, 0) is 16.1 Å². The van der Waals surface area contributed by atoms with Crippen LogP contribution in [0, 0.1) is 13.8 Å². The fourth-order valence-corrected chi connectivity index (χ4v) is 4.69. The summed E-state index contributed by atoms with van der Waals surface area (Å²) in [6, 6.07) is 11.3. The van der Waals surface area contributed by atoms with E-state index < -0.39 is 0 Å². The number of aromatic nitrogens is 1. The summed E-state index contributed by atoms with van der Waals surface area (Å²) in [6.45, 7) is 5.90. The molecule has 0 unspecified atom stereocenters. The summed E-state index contributed by atoms with van der Waals surface area (Å²) < 4.78 is 0. The molecule has 2 amide bonds. The van der Waals surface area contributed by atoms with Gasteiger partial charge in [-0.2, -0.15) is 0 Å². The van der Waals surface area contributed by atoms with Crippen molar-refractivity contribution in [3.8, 4) is 10.6 Å². The van der Waals surface area contributed by atoms with Crippen molar-refractivity contribution >= 4 is 45.4 Å². The highest BCUT2D eigenvalue weighted by Gasteiger charge is 2.15. The molecule has 156 valence electrons. The zero-order valence-electron chi connectivity index (χ0n) is 17.1. The number of aryl methyl sites for hydroxylation is 2. The van der Waals surface area contributed by atoms with Gasteiger partial charge in [0.15, 0.2) is 10.9 Å². The molecule has 3 rings (SSSR count). The third-order valence-electron chi connectivity index (χ3n) is 4.40. The maximum absolute atomic E-state index is 12.3. The van der Waals surface area contributed by atoms with Crippen molar-refractivity contribution in [2.24, 2.45) is 0 Å². The van der Waals surface area contributed by atoms with Gasteiger partial charge in [-0.1, -0.05) is 29.8 Å². The standard InChI is InChI=1S/C22H23N3O3S2/c1-13-4-6-16(7-5-13)18(27)9-11-20(28)24-22-25-21(14(2)29-22)19-10-8-17(30-19)12-23-15(3)26/h4-8,10H,9,11-12H2,1-3H3,(H,23,26)(H,24,25,28). The minimum atomic E-state index is -0.228. The maximum atomic E-state index is 12.3. The third-order valence-corrected chi connectivity index (χ3v) is 6.38. The lowest BCUT2D eigenvalue weighted by Crippen LogP contribution is -2.17. The number of thiophene rings is 1. The number of nitrogens with one attached hydrogen (secondary N) is 2. The number of nitrogens with zero attached hydrogens (tertiary/aromatic N) is 1. The van der Waals surface area contributed by atoms with Crippen LogP contribution in [-0.4, -0.2) is 22.6 Å². The Balaban J connectivity index is 1.57. The number of ketones is 1. The molecule has 0 saturated heterocycles. The van der Waals surface area contributed by atoms with Gasteiger partial charge < -0.3 is 10.6 Å². The first-order valence-corrected chi connectivity index (χ1v) is 11.2. The predicted octanol–water partition coefficient (Wildman–Crippen LogP) is 4.73. The summed E-state index contributed by atoms with van der Waals surface area (Å²) in [6.07, 6.45) is 0.268. The fourth-order valence-electron chi connectivity index (χ4n) is 2.78. The van der Waals surface area contributed by atoms with Crippen LogP contribution in [0.1, 0.15) is 45.4 Å². The summed E-state index contributed by atoms with van der Waals surface area (Å²) in [5.41, 5.74) is 2.53. The number of hydrogen-bond donors (Lipinski definition) is 2. The molecule has 1 aromatic carbocycles. The lowest BCUT2D eigenvalue weighted by molar-refractivity contribution is -0.119. The smallest absolute Gasteiger partial charge is 0.226 e. The van der Waals surface area contributed by atoms with Crippen LogP contribution in [0.15, 0.2) is 36.4 Å². The molecule has 0 aliphatic rings. The van der Waals surface area contributed by atoms with Gasteiger partial charge in [0.05, 0.1) is 17.1 Å². The average molecular weight is 442 g/mol. The molecule has 6 nitrogen and oxygen atoms in total. The fraction of sp³-hybridized carbons (Fsp3) is 0.273. The molecule has 30 heavy (non-hydrogen) atoms. The molecular formula is C22H23N3O3S2. The Bertz CT molecular complexity index is 1070. The van der Waals surface area contributed by atoms with Crippen LogP contribution in [0.25, 0.3) is 10.6 Å². The Morgan fingerprint density at radius 1 is 0.967 bits per heavy atom. The van der Waals surface area contributed by atoms with E-state index in [0.717, 1.165) is 25.9 Å². The minimum absolute atomic E-state index is 0.0496. The van der Waals surface area contributed by atoms with E-state index in [1.807, 2.05) is 38.1 Å². The van der Waals surface area contributed by atoms with E-state index >= 15 is 0 Å². The number of anilines is 1. The number of carbonyl (C=O) groups is 3. The molecule has 8 heteroatoms. The molecule has 0 spiro atoms. The molecule has 0 radical (unpaired) electrons. The topological polar surface area (TPSA) is 88.2 Å². The number of Topliss-reactive ketones (excluding diaryl/α,β-unsaturated/α-hetero) is 1. The second-order valence-corrected chi connectivity index (χ2v) is 9.31. The Morgan fingerprint density at radius 3 is 2.40 bits per heavy atom. The number of hydrogen-bond acceptors (Lipinski definition) is 6. The van der Waals surface area contributed by atoms with E-state index in [1.54, 1.807) is 23.5 Å². The third kappa shape index (κ3) is 5.84. The number of benzene rings is 1. The molecular weight excluding hydrogens is 418 g/mol. The Morgan fingerprint density at radius 2 is 1.70 bits per heavy atom. The minimum Gasteiger partial charge on any atom is -0.351 e. The van der Waals surface area contributed by atoms with Crippen LogP contribution < -0.4 is 10.6 Å². The van der Waals surface area contributed by atoms with Crippen molar-refractivity contribution in [3.63, 3.8) is 0 Å². The zero-order chi connectivity index (χ0) is 21.7. The second kappa shape index (κ2) is 9.77.